The van der Waals surface area contributed by atoms with Gasteiger partial charge in [-0.2, -0.15) is 5.10 Å². The van der Waals surface area contributed by atoms with E-state index in [-0.39, 0.29) is 12.7 Å². The highest BCUT2D eigenvalue weighted by molar-refractivity contribution is 9.10. The van der Waals surface area contributed by atoms with Crippen LogP contribution < -0.4 is 19.6 Å². The van der Waals surface area contributed by atoms with Gasteiger partial charge in [-0.3, -0.25) is 4.79 Å². The summed E-state index contributed by atoms with van der Waals surface area (Å²) in [5.74, 6) is 1.46. The second-order valence-electron chi connectivity index (χ2n) is 6.23. The minimum absolute atomic E-state index is 0.210. The fraction of sp³-hybridized carbons (Fsp3) is 0.0909. The summed E-state index contributed by atoms with van der Waals surface area (Å²) < 4.78 is 17.2. The van der Waals surface area contributed by atoms with Gasteiger partial charge in [-0.05, 0) is 47.5 Å². The van der Waals surface area contributed by atoms with Gasteiger partial charge in [0.25, 0.3) is 5.91 Å². The zero-order valence-corrected chi connectivity index (χ0v) is 16.9. The first kappa shape index (κ1) is 19.0. The Bertz CT molecular complexity index is 1050. The second kappa shape index (κ2) is 8.79. The van der Waals surface area contributed by atoms with Crippen LogP contribution in [0.25, 0.3) is 0 Å². The average molecular weight is 453 g/mol. The Hall–Kier alpha value is -3.32. The topological polar surface area (TPSA) is 69.2 Å². The van der Waals surface area contributed by atoms with Crippen molar-refractivity contribution in [3.8, 4) is 17.2 Å². The van der Waals surface area contributed by atoms with Gasteiger partial charge in [0, 0.05) is 4.47 Å². The molecule has 1 N–H and O–H groups in total. The van der Waals surface area contributed by atoms with E-state index in [1.165, 1.54) is 0 Å². The molecule has 0 fully saturated rings. The van der Waals surface area contributed by atoms with Crippen molar-refractivity contribution >= 4 is 28.1 Å². The van der Waals surface area contributed by atoms with E-state index in [0.29, 0.717) is 29.4 Å². The predicted molar refractivity (Wildman–Crippen MR) is 113 cm³/mol. The maximum absolute atomic E-state index is 12.6. The van der Waals surface area contributed by atoms with E-state index in [9.17, 15) is 4.79 Å². The summed E-state index contributed by atoms with van der Waals surface area (Å²) in [7, 11) is 0. The predicted octanol–water partition coefficient (Wildman–Crippen LogP) is 4.52. The molecule has 0 spiro atoms. The molecule has 0 radical (unpaired) electrons. The summed E-state index contributed by atoms with van der Waals surface area (Å²) in [6.07, 6.45) is 1.54. The number of amides is 1. The molecule has 1 aliphatic rings. The number of nitrogens with one attached hydrogen (secondary N) is 1. The van der Waals surface area contributed by atoms with Gasteiger partial charge in [-0.1, -0.05) is 46.3 Å². The lowest BCUT2D eigenvalue weighted by Gasteiger charge is -2.11. The molecule has 0 atom stereocenters. The molecule has 3 aromatic rings. The molecule has 1 amide bonds. The van der Waals surface area contributed by atoms with Crippen molar-refractivity contribution in [2.24, 2.45) is 5.10 Å². The normalized spacial score (nSPS) is 12.2. The highest BCUT2D eigenvalue weighted by Gasteiger charge is 2.14. The van der Waals surface area contributed by atoms with Crippen LogP contribution in [0.3, 0.4) is 0 Å². The lowest BCUT2D eigenvalue weighted by Crippen LogP contribution is -2.18. The fourth-order valence-electron chi connectivity index (χ4n) is 2.76. The van der Waals surface area contributed by atoms with Crippen LogP contribution in [0.4, 0.5) is 0 Å². The lowest BCUT2D eigenvalue weighted by atomic mass is 10.2. The number of ether oxygens (including phenoxy) is 3. The fourth-order valence-corrected chi connectivity index (χ4v) is 3.12. The van der Waals surface area contributed by atoms with Crippen LogP contribution >= 0.6 is 15.9 Å². The minimum Gasteiger partial charge on any atom is -0.488 e. The first-order valence-corrected chi connectivity index (χ1v) is 9.68. The molecular weight excluding hydrogens is 436 g/mol. The number of carbonyl (C=O) groups is 1. The highest BCUT2D eigenvalue weighted by atomic mass is 79.9. The highest BCUT2D eigenvalue weighted by Crippen LogP contribution is 2.32. The van der Waals surface area contributed by atoms with Crippen LogP contribution in [-0.2, 0) is 6.61 Å². The Kier molecular flexibility index (Phi) is 5.76. The van der Waals surface area contributed by atoms with Gasteiger partial charge < -0.3 is 14.2 Å². The minimum atomic E-state index is -0.369. The number of carbonyl (C=O) groups excluding carboxylic acids is 1. The van der Waals surface area contributed by atoms with Crippen LogP contribution in [0.1, 0.15) is 21.5 Å². The first-order valence-electron chi connectivity index (χ1n) is 8.88. The van der Waals surface area contributed by atoms with Crippen molar-refractivity contribution in [3.05, 3.63) is 87.9 Å². The Morgan fingerprint density at radius 1 is 1.07 bits per heavy atom. The number of fused-ring (bicyclic) bond motifs is 1. The SMILES string of the molecule is O=C(N/N=C/c1ccc2c(c1)OCO2)c1cc(Br)ccc1OCc1ccccc1. The van der Waals surface area contributed by atoms with Gasteiger partial charge in [0.2, 0.25) is 6.79 Å². The third kappa shape index (κ3) is 4.75. The molecule has 4 rings (SSSR count). The summed E-state index contributed by atoms with van der Waals surface area (Å²) in [5.41, 5.74) is 4.72. The van der Waals surface area contributed by atoms with Gasteiger partial charge >= 0.3 is 0 Å². The van der Waals surface area contributed by atoms with Crippen LogP contribution in [0.15, 0.2) is 76.3 Å². The number of rotatable bonds is 6. The molecule has 0 unspecified atom stereocenters. The molecule has 1 heterocycles. The second-order valence-corrected chi connectivity index (χ2v) is 7.14. The van der Waals surface area contributed by atoms with Gasteiger partial charge in [0.1, 0.15) is 12.4 Å². The number of hydrazone groups is 1. The van der Waals surface area contributed by atoms with E-state index in [2.05, 4.69) is 26.5 Å². The molecule has 1 aliphatic heterocycles. The van der Waals surface area contributed by atoms with E-state index in [1.807, 2.05) is 42.5 Å². The maximum atomic E-state index is 12.6. The summed E-state index contributed by atoms with van der Waals surface area (Å²) in [6, 6.07) is 20.5. The van der Waals surface area contributed by atoms with E-state index in [4.69, 9.17) is 14.2 Å². The summed E-state index contributed by atoms with van der Waals surface area (Å²) in [5, 5.41) is 4.04. The number of benzene rings is 3. The number of hydrogen-bond donors (Lipinski definition) is 1. The molecule has 7 heteroatoms. The average Bonchev–Trinajstić information content (AvgIpc) is 3.21. The standard InChI is InChI=1S/C22H17BrN2O4/c23-17-7-9-19(27-13-15-4-2-1-3-5-15)18(11-17)22(26)25-24-12-16-6-8-20-21(10-16)29-14-28-20/h1-12H,13-14H2,(H,25,26)/b24-12+. The van der Waals surface area contributed by atoms with Crippen LogP contribution in [0, 0.1) is 0 Å². The van der Waals surface area contributed by atoms with Crippen molar-refractivity contribution < 1.29 is 19.0 Å². The zero-order valence-electron chi connectivity index (χ0n) is 15.3. The van der Waals surface area contributed by atoms with Crippen molar-refractivity contribution in [3.63, 3.8) is 0 Å². The van der Waals surface area contributed by atoms with Crippen molar-refractivity contribution in [2.45, 2.75) is 6.61 Å². The van der Waals surface area contributed by atoms with Crippen LogP contribution in [0.5, 0.6) is 17.2 Å². The Morgan fingerprint density at radius 3 is 2.76 bits per heavy atom. The van der Waals surface area contributed by atoms with E-state index in [0.717, 1.165) is 15.6 Å². The molecule has 6 nitrogen and oxygen atoms in total. The molecular formula is C22H17BrN2O4. The largest absolute Gasteiger partial charge is 0.488 e. The van der Waals surface area contributed by atoms with Gasteiger partial charge in [0.05, 0.1) is 11.8 Å². The van der Waals surface area contributed by atoms with Crippen LogP contribution in [0.2, 0.25) is 0 Å². The molecule has 29 heavy (non-hydrogen) atoms. The molecule has 0 aromatic heterocycles. The molecule has 0 saturated carbocycles. The molecule has 0 aliphatic carbocycles. The van der Waals surface area contributed by atoms with E-state index >= 15 is 0 Å². The zero-order chi connectivity index (χ0) is 20.1. The lowest BCUT2D eigenvalue weighted by molar-refractivity contribution is 0.0950. The van der Waals surface area contributed by atoms with E-state index in [1.54, 1.807) is 30.5 Å². The Balaban J connectivity index is 1.44. The molecule has 146 valence electrons. The maximum Gasteiger partial charge on any atom is 0.275 e. The van der Waals surface area contributed by atoms with Crippen molar-refractivity contribution in [1.82, 2.24) is 5.43 Å². The quantitative estimate of drug-likeness (QED) is 0.440. The third-order valence-corrected chi connectivity index (χ3v) is 4.69. The first-order chi connectivity index (χ1) is 14.2. The summed E-state index contributed by atoms with van der Waals surface area (Å²) in [6.45, 7) is 0.574. The van der Waals surface area contributed by atoms with Crippen molar-refractivity contribution in [1.29, 1.82) is 0 Å². The Morgan fingerprint density at radius 2 is 1.90 bits per heavy atom. The van der Waals surface area contributed by atoms with Gasteiger partial charge in [-0.15, -0.1) is 0 Å². The summed E-state index contributed by atoms with van der Waals surface area (Å²) >= 11 is 3.39. The number of nitrogens with zero attached hydrogens (tertiary/aromatic N) is 1. The van der Waals surface area contributed by atoms with Crippen LogP contribution in [-0.4, -0.2) is 18.9 Å². The third-order valence-electron chi connectivity index (χ3n) is 4.20. The molecule has 0 saturated heterocycles. The van der Waals surface area contributed by atoms with Gasteiger partial charge in [-0.25, -0.2) is 5.43 Å². The molecule has 0 bridgehead atoms. The summed E-state index contributed by atoms with van der Waals surface area (Å²) in [4.78, 5) is 12.6. The van der Waals surface area contributed by atoms with E-state index < -0.39 is 0 Å². The number of hydrogen-bond acceptors (Lipinski definition) is 5. The molecule has 3 aromatic carbocycles. The van der Waals surface area contributed by atoms with Crippen molar-refractivity contribution in [2.75, 3.05) is 6.79 Å². The van der Waals surface area contributed by atoms with Gasteiger partial charge in [0.15, 0.2) is 11.5 Å². The smallest absolute Gasteiger partial charge is 0.275 e. The monoisotopic (exact) mass is 452 g/mol. The number of halogens is 1. The Labute approximate surface area is 176 Å².